The van der Waals surface area contributed by atoms with Crippen LogP contribution < -0.4 is 0 Å². The lowest BCUT2D eigenvalue weighted by Crippen LogP contribution is -2.46. The van der Waals surface area contributed by atoms with Crippen LogP contribution in [0.15, 0.2) is 11.6 Å². The van der Waals surface area contributed by atoms with Crippen LogP contribution in [-0.4, -0.2) is 44.3 Å². The molecule has 1 fully saturated rings. The van der Waals surface area contributed by atoms with Gasteiger partial charge in [0.25, 0.3) is 0 Å². The minimum atomic E-state index is -1.14. The molecule has 0 aliphatic heterocycles. The van der Waals surface area contributed by atoms with E-state index >= 15 is 0 Å². The zero-order chi connectivity index (χ0) is 13.4. The van der Waals surface area contributed by atoms with Gasteiger partial charge < -0.3 is 20.4 Å². The molecule has 0 radical (unpaired) electrons. The van der Waals surface area contributed by atoms with E-state index < -0.39 is 29.3 Å². The van der Waals surface area contributed by atoms with E-state index in [1.54, 1.807) is 6.92 Å². The van der Waals surface area contributed by atoms with Gasteiger partial charge in [-0.15, -0.1) is 0 Å². The summed E-state index contributed by atoms with van der Waals surface area (Å²) >= 11 is 0. The summed E-state index contributed by atoms with van der Waals surface area (Å²) in [4.78, 5) is 0. The largest absolute Gasteiger partial charge is 0.393 e. The van der Waals surface area contributed by atoms with E-state index in [9.17, 15) is 20.4 Å². The Labute approximate surface area is 103 Å². The smallest absolute Gasteiger partial charge is 0.0981 e. The first-order valence-electron chi connectivity index (χ1n) is 6.05. The fourth-order valence-electron chi connectivity index (χ4n) is 2.78. The van der Waals surface area contributed by atoms with Gasteiger partial charge in [-0.05, 0) is 31.3 Å². The van der Waals surface area contributed by atoms with E-state index in [0.29, 0.717) is 12.0 Å². The second-order valence-corrected chi connectivity index (χ2v) is 6.03. The molecule has 100 valence electrons. The normalized spacial score (nSPS) is 39.1. The first kappa shape index (κ1) is 14.6. The van der Waals surface area contributed by atoms with Crippen LogP contribution in [0.2, 0.25) is 0 Å². The topological polar surface area (TPSA) is 80.9 Å². The number of aliphatic hydroxyl groups excluding tert-OH is 3. The lowest BCUT2D eigenvalue weighted by molar-refractivity contribution is -0.0300. The fourth-order valence-corrected chi connectivity index (χ4v) is 2.78. The molecule has 4 nitrogen and oxygen atoms in total. The summed E-state index contributed by atoms with van der Waals surface area (Å²) in [6.07, 6.45) is -0.0832. The van der Waals surface area contributed by atoms with E-state index in [2.05, 4.69) is 0 Å². The lowest BCUT2D eigenvalue weighted by atomic mass is 9.64. The van der Waals surface area contributed by atoms with Gasteiger partial charge >= 0.3 is 0 Å². The van der Waals surface area contributed by atoms with Crippen LogP contribution in [0.3, 0.4) is 0 Å². The molecule has 0 amide bonds. The Morgan fingerprint density at radius 1 is 1.24 bits per heavy atom. The Bertz CT molecular complexity index is 285. The first-order valence-corrected chi connectivity index (χ1v) is 6.05. The SMILES string of the molecule is C[C@@H](O)[C@H](O)/C=C1/C(C)(C)C[C@H](O)C[C@@]1(C)O. The predicted molar refractivity (Wildman–Crippen MR) is 65.4 cm³/mol. The Morgan fingerprint density at radius 2 is 1.76 bits per heavy atom. The molecule has 1 aliphatic carbocycles. The summed E-state index contributed by atoms with van der Waals surface area (Å²) in [5.74, 6) is 0. The monoisotopic (exact) mass is 244 g/mol. The maximum Gasteiger partial charge on any atom is 0.0981 e. The van der Waals surface area contributed by atoms with Gasteiger partial charge in [0.2, 0.25) is 0 Å². The van der Waals surface area contributed by atoms with E-state index in [4.69, 9.17) is 0 Å². The highest BCUT2D eigenvalue weighted by molar-refractivity contribution is 5.27. The van der Waals surface area contributed by atoms with Crippen LogP contribution >= 0.6 is 0 Å². The van der Waals surface area contributed by atoms with Gasteiger partial charge in [0.15, 0.2) is 0 Å². The molecule has 0 bridgehead atoms. The Hall–Kier alpha value is -0.420. The van der Waals surface area contributed by atoms with Crippen LogP contribution in [-0.2, 0) is 0 Å². The van der Waals surface area contributed by atoms with Crippen molar-refractivity contribution in [2.24, 2.45) is 5.41 Å². The number of hydrogen-bond acceptors (Lipinski definition) is 4. The average Bonchev–Trinajstić information content (AvgIpc) is 2.08. The maximum atomic E-state index is 10.3. The van der Waals surface area contributed by atoms with Crippen LogP contribution in [0.25, 0.3) is 0 Å². The van der Waals surface area contributed by atoms with Crippen LogP contribution in [0.4, 0.5) is 0 Å². The van der Waals surface area contributed by atoms with Crippen molar-refractivity contribution in [3.8, 4) is 0 Å². The summed E-state index contributed by atoms with van der Waals surface area (Å²) in [6.45, 7) is 6.98. The van der Waals surface area contributed by atoms with Crippen LogP contribution in [0, 0.1) is 5.41 Å². The molecule has 1 saturated carbocycles. The minimum absolute atomic E-state index is 0.259. The van der Waals surface area contributed by atoms with E-state index in [1.165, 1.54) is 13.0 Å². The third kappa shape index (κ3) is 3.28. The zero-order valence-electron chi connectivity index (χ0n) is 11.0. The highest BCUT2D eigenvalue weighted by atomic mass is 16.3. The van der Waals surface area contributed by atoms with Crippen molar-refractivity contribution in [3.63, 3.8) is 0 Å². The molecule has 0 aromatic heterocycles. The molecule has 4 atom stereocenters. The number of rotatable bonds is 2. The van der Waals surface area contributed by atoms with E-state index in [0.717, 1.165) is 0 Å². The molecule has 0 aromatic rings. The highest BCUT2D eigenvalue weighted by Crippen LogP contribution is 2.45. The second-order valence-electron chi connectivity index (χ2n) is 6.03. The highest BCUT2D eigenvalue weighted by Gasteiger charge is 2.44. The predicted octanol–water partition coefficient (Wildman–Crippen LogP) is 0.586. The standard InChI is InChI=1S/C13H24O4/c1-8(14)10(16)5-11-12(2,3)6-9(15)7-13(11,4)17/h5,8-10,14-17H,6-7H2,1-4H3/b11-5-/t8-,9+,10-,13-/m1/s1. The van der Waals surface area contributed by atoms with Crippen molar-refractivity contribution in [2.75, 3.05) is 0 Å². The molecule has 4 heteroatoms. The molecule has 0 saturated heterocycles. The second kappa shape index (κ2) is 4.69. The Kier molecular flexibility index (Phi) is 4.04. The molecule has 1 aliphatic rings. The molecule has 0 heterocycles. The third-order valence-electron chi connectivity index (χ3n) is 3.52. The van der Waals surface area contributed by atoms with Gasteiger partial charge in [0.05, 0.1) is 23.9 Å². The Morgan fingerprint density at radius 3 is 2.18 bits per heavy atom. The van der Waals surface area contributed by atoms with Gasteiger partial charge in [0, 0.05) is 6.42 Å². The zero-order valence-corrected chi connectivity index (χ0v) is 11.0. The van der Waals surface area contributed by atoms with Crippen molar-refractivity contribution < 1.29 is 20.4 Å². The molecule has 17 heavy (non-hydrogen) atoms. The summed E-state index contributed by atoms with van der Waals surface area (Å²) < 4.78 is 0. The summed E-state index contributed by atoms with van der Waals surface area (Å²) in [5, 5.41) is 39.1. The van der Waals surface area contributed by atoms with Crippen molar-refractivity contribution >= 4 is 0 Å². The molecule has 0 unspecified atom stereocenters. The van der Waals surface area contributed by atoms with E-state index in [1.807, 2.05) is 13.8 Å². The van der Waals surface area contributed by atoms with Gasteiger partial charge in [-0.2, -0.15) is 0 Å². The van der Waals surface area contributed by atoms with Gasteiger partial charge in [-0.3, -0.25) is 0 Å². The van der Waals surface area contributed by atoms with Crippen LogP contribution in [0.5, 0.6) is 0 Å². The van der Waals surface area contributed by atoms with Crippen molar-refractivity contribution in [1.82, 2.24) is 0 Å². The molecule has 1 rings (SSSR count). The molecule has 0 aromatic carbocycles. The summed E-state index contributed by atoms with van der Waals surface area (Å²) in [6, 6.07) is 0. The average molecular weight is 244 g/mol. The minimum Gasteiger partial charge on any atom is -0.393 e. The first-order chi connectivity index (χ1) is 7.56. The quantitative estimate of drug-likeness (QED) is 0.536. The molecular weight excluding hydrogens is 220 g/mol. The molecular formula is C13H24O4. The van der Waals surface area contributed by atoms with Gasteiger partial charge in [-0.1, -0.05) is 19.9 Å². The maximum absolute atomic E-state index is 10.3. The number of hydrogen-bond donors (Lipinski definition) is 4. The molecule has 4 N–H and O–H groups in total. The summed E-state index contributed by atoms with van der Waals surface area (Å²) in [5.41, 5.74) is -0.850. The number of aliphatic hydroxyl groups is 4. The molecule has 0 spiro atoms. The van der Waals surface area contributed by atoms with Gasteiger partial charge in [-0.25, -0.2) is 0 Å². The Balaban J connectivity index is 3.08. The van der Waals surface area contributed by atoms with Crippen molar-refractivity contribution in [1.29, 1.82) is 0 Å². The van der Waals surface area contributed by atoms with E-state index in [-0.39, 0.29) is 6.42 Å². The fraction of sp³-hybridized carbons (Fsp3) is 0.846. The summed E-state index contributed by atoms with van der Waals surface area (Å²) in [7, 11) is 0. The van der Waals surface area contributed by atoms with Crippen molar-refractivity contribution in [2.45, 2.75) is 64.4 Å². The van der Waals surface area contributed by atoms with Crippen LogP contribution in [0.1, 0.15) is 40.5 Å². The van der Waals surface area contributed by atoms with Gasteiger partial charge in [0.1, 0.15) is 0 Å². The van der Waals surface area contributed by atoms with Crippen molar-refractivity contribution in [3.05, 3.63) is 11.6 Å². The lowest BCUT2D eigenvalue weighted by Gasteiger charge is -2.45. The third-order valence-corrected chi connectivity index (χ3v) is 3.52.